The third-order valence-electron chi connectivity index (χ3n) is 2.93. The molecular weight excluding hydrogens is 124 g/mol. The predicted molar refractivity (Wildman–Crippen MR) is 40.8 cm³/mol. The second-order valence-electron chi connectivity index (χ2n) is 4.04. The quantitative estimate of drug-likeness (QED) is 0.500. The predicted octanol–water partition coefficient (Wildman–Crippen LogP) is 2.07. The van der Waals surface area contributed by atoms with Crippen molar-refractivity contribution in [2.24, 2.45) is 17.8 Å². The molecule has 2 fully saturated rings. The summed E-state index contributed by atoms with van der Waals surface area (Å²) in [6, 6.07) is 0. The molecule has 1 aliphatic carbocycles. The zero-order chi connectivity index (χ0) is 7.14. The standard InChI is InChI=1S/C9H16O/c1-6-3-8-4-9(8)7(2)10-5-6/h6-9H,3-5H2,1-2H3/t6?,7?,8-,9-/m0/s1. The van der Waals surface area contributed by atoms with E-state index in [2.05, 4.69) is 13.8 Å². The van der Waals surface area contributed by atoms with Gasteiger partial charge in [0.05, 0.1) is 6.10 Å². The van der Waals surface area contributed by atoms with E-state index in [4.69, 9.17) is 4.74 Å². The maximum atomic E-state index is 5.67. The molecular formula is C9H16O. The Balaban J connectivity index is 1.97. The first-order chi connectivity index (χ1) is 4.77. The van der Waals surface area contributed by atoms with Crippen molar-refractivity contribution in [2.75, 3.05) is 6.61 Å². The van der Waals surface area contributed by atoms with Crippen molar-refractivity contribution in [3.63, 3.8) is 0 Å². The zero-order valence-corrected chi connectivity index (χ0v) is 6.84. The molecule has 1 heteroatoms. The van der Waals surface area contributed by atoms with Gasteiger partial charge in [-0.15, -0.1) is 0 Å². The minimum Gasteiger partial charge on any atom is -0.378 e. The SMILES string of the molecule is CC1COC(C)[C@@H]2C[C@@H]2C1. The van der Waals surface area contributed by atoms with Gasteiger partial charge in [-0.05, 0) is 37.5 Å². The summed E-state index contributed by atoms with van der Waals surface area (Å²) in [7, 11) is 0. The van der Waals surface area contributed by atoms with Gasteiger partial charge >= 0.3 is 0 Å². The Labute approximate surface area is 62.8 Å². The summed E-state index contributed by atoms with van der Waals surface area (Å²) in [5.41, 5.74) is 0. The first-order valence-corrected chi connectivity index (χ1v) is 4.39. The fraction of sp³-hybridized carbons (Fsp3) is 1.00. The molecule has 1 saturated heterocycles. The van der Waals surface area contributed by atoms with Gasteiger partial charge in [-0.1, -0.05) is 6.92 Å². The summed E-state index contributed by atoms with van der Waals surface area (Å²) in [6.45, 7) is 5.52. The second kappa shape index (κ2) is 2.23. The molecule has 1 saturated carbocycles. The minimum atomic E-state index is 0.551. The molecule has 0 bridgehead atoms. The van der Waals surface area contributed by atoms with E-state index in [9.17, 15) is 0 Å². The first kappa shape index (κ1) is 6.66. The van der Waals surface area contributed by atoms with Gasteiger partial charge in [0, 0.05) is 6.61 Å². The van der Waals surface area contributed by atoms with E-state index < -0.39 is 0 Å². The summed E-state index contributed by atoms with van der Waals surface area (Å²) in [5.74, 6) is 2.75. The highest BCUT2D eigenvalue weighted by atomic mass is 16.5. The van der Waals surface area contributed by atoms with E-state index >= 15 is 0 Å². The highest BCUT2D eigenvalue weighted by molar-refractivity contribution is 4.92. The largest absolute Gasteiger partial charge is 0.378 e. The summed E-state index contributed by atoms with van der Waals surface area (Å²) < 4.78 is 5.67. The fourth-order valence-electron chi connectivity index (χ4n) is 2.14. The molecule has 0 aromatic carbocycles. The summed E-state index contributed by atoms with van der Waals surface area (Å²) in [4.78, 5) is 0. The molecule has 2 rings (SSSR count). The Bertz CT molecular complexity index is 133. The topological polar surface area (TPSA) is 9.23 Å². The molecule has 2 unspecified atom stereocenters. The molecule has 0 aromatic heterocycles. The van der Waals surface area contributed by atoms with Crippen LogP contribution in [-0.2, 0) is 4.74 Å². The van der Waals surface area contributed by atoms with Crippen LogP contribution in [0.5, 0.6) is 0 Å². The molecule has 1 aliphatic heterocycles. The van der Waals surface area contributed by atoms with E-state index in [1.165, 1.54) is 12.8 Å². The van der Waals surface area contributed by atoms with Gasteiger partial charge in [-0.3, -0.25) is 0 Å². The van der Waals surface area contributed by atoms with Gasteiger partial charge in [0.15, 0.2) is 0 Å². The lowest BCUT2D eigenvalue weighted by Crippen LogP contribution is -2.12. The van der Waals surface area contributed by atoms with Crippen molar-refractivity contribution >= 4 is 0 Å². The lowest BCUT2D eigenvalue weighted by atomic mass is 10.1. The van der Waals surface area contributed by atoms with Crippen LogP contribution in [-0.4, -0.2) is 12.7 Å². The maximum absolute atomic E-state index is 5.67. The zero-order valence-electron chi connectivity index (χ0n) is 6.84. The Morgan fingerprint density at radius 2 is 2.00 bits per heavy atom. The van der Waals surface area contributed by atoms with Crippen molar-refractivity contribution < 1.29 is 4.74 Å². The fourth-order valence-corrected chi connectivity index (χ4v) is 2.14. The van der Waals surface area contributed by atoms with Crippen LogP contribution in [0, 0.1) is 17.8 Å². The molecule has 0 aromatic rings. The van der Waals surface area contributed by atoms with Crippen molar-refractivity contribution in [3.8, 4) is 0 Å². The Hall–Kier alpha value is -0.0400. The molecule has 10 heavy (non-hydrogen) atoms. The van der Waals surface area contributed by atoms with Crippen LogP contribution >= 0.6 is 0 Å². The van der Waals surface area contributed by atoms with Crippen molar-refractivity contribution in [3.05, 3.63) is 0 Å². The molecule has 0 radical (unpaired) electrons. The highest BCUT2D eigenvalue weighted by Crippen LogP contribution is 2.48. The number of fused-ring (bicyclic) bond motifs is 1. The molecule has 0 amide bonds. The lowest BCUT2D eigenvalue weighted by Gasteiger charge is -2.11. The third-order valence-corrected chi connectivity index (χ3v) is 2.93. The van der Waals surface area contributed by atoms with Crippen LogP contribution in [0.1, 0.15) is 26.7 Å². The molecule has 58 valence electrons. The number of ether oxygens (including phenoxy) is 1. The monoisotopic (exact) mass is 140 g/mol. The van der Waals surface area contributed by atoms with Crippen LogP contribution in [0.3, 0.4) is 0 Å². The lowest BCUT2D eigenvalue weighted by molar-refractivity contribution is 0.0416. The van der Waals surface area contributed by atoms with Gasteiger partial charge in [-0.25, -0.2) is 0 Å². The molecule has 0 N–H and O–H groups in total. The summed E-state index contributed by atoms with van der Waals surface area (Å²) >= 11 is 0. The van der Waals surface area contributed by atoms with E-state index in [0.717, 1.165) is 24.4 Å². The minimum absolute atomic E-state index is 0.551. The summed E-state index contributed by atoms with van der Waals surface area (Å²) in [6.07, 6.45) is 3.40. The average molecular weight is 140 g/mol. The Morgan fingerprint density at radius 1 is 1.20 bits per heavy atom. The Kier molecular flexibility index (Phi) is 1.48. The van der Waals surface area contributed by atoms with Crippen molar-refractivity contribution in [1.82, 2.24) is 0 Å². The van der Waals surface area contributed by atoms with E-state index in [0.29, 0.717) is 6.10 Å². The highest BCUT2D eigenvalue weighted by Gasteiger charge is 2.43. The van der Waals surface area contributed by atoms with Crippen LogP contribution < -0.4 is 0 Å². The maximum Gasteiger partial charge on any atom is 0.0578 e. The van der Waals surface area contributed by atoms with Crippen LogP contribution in [0.15, 0.2) is 0 Å². The number of rotatable bonds is 0. The van der Waals surface area contributed by atoms with Crippen LogP contribution in [0.4, 0.5) is 0 Å². The summed E-state index contributed by atoms with van der Waals surface area (Å²) in [5, 5.41) is 0. The van der Waals surface area contributed by atoms with E-state index in [1.807, 2.05) is 0 Å². The van der Waals surface area contributed by atoms with Gasteiger partial charge in [0.2, 0.25) is 0 Å². The normalized spacial score (nSPS) is 53.4. The molecule has 1 heterocycles. The van der Waals surface area contributed by atoms with Gasteiger partial charge < -0.3 is 4.74 Å². The van der Waals surface area contributed by atoms with Gasteiger partial charge in [0.1, 0.15) is 0 Å². The van der Waals surface area contributed by atoms with Crippen LogP contribution in [0.2, 0.25) is 0 Å². The third kappa shape index (κ3) is 1.07. The van der Waals surface area contributed by atoms with Crippen molar-refractivity contribution in [2.45, 2.75) is 32.8 Å². The van der Waals surface area contributed by atoms with Gasteiger partial charge in [0.25, 0.3) is 0 Å². The van der Waals surface area contributed by atoms with Crippen molar-refractivity contribution in [1.29, 1.82) is 0 Å². The van der Waals surface area contributed by atoms with E-state index in [1.54, 1.807) is 0 Å². The first-order valence-electron chi connectivity index (χ1n) is 4.39. The molecule has 2 aliphatic rings. The van der Waals surface area contributed by atoms with Gasteiger partial charge in [-0.2, -0.15) is 0 Å². The molecule has 1 nitrogen and oxygen atoms in total. The molecule has 0 spiro atoms. The molecule has 4 atom stereocenters. The Morgan fingerprint density at radius 3 is 2.80 bits per heavy atom. The van der Waals surface area contributed by atoms with E-state index in [-0.39, 0.29) is 0 Å². The second-order valence-corrected chi connectivity index (χ2v) is 4.04. The van der Waals surface area contributed by atoms with Crippen LogP contribution in [0.25, 0.3) is 0 Å². The number of hydrogen-bond donors (Lipinski definition) is 0. The number of hydrogen-bond acceptors (Lipinski definition) is 1. The smallest absolute Gasteiger partial charge is 0.0578 e. The average Bonchev–Trinajstić information content (AvgIpc) is 2.60.